The molecule has 3 rings (SSSR count). The summed E-state index contributed by atoms with van der Waals surface area (Å²) in [6, 6.07) is 4.08. The number of aryl methyl sites for hydroxylation is 1. The van der Waals surface area contributed by atoms with E-state index in [1.165, 1.54) is 17.5 Å². The van der Waals surface area contributed by atoms with E-state index in [9.17, 15) is 4.79 Å². The Morgan fingerprint density at radius 2 is 2.32 bits per heavy atom. The number of fused-ring (bicyclic) bond motifs is 3. The highest BCUT2D eigenvalue weighted by Gasteiger charge is 2.29. The van der Waals surface area contributed by atoms with Crippen LogP contribution in [0.5, 0.6) is 5.75 Å². The van der Waals surface area contributed by atoms with Gasteiger partial charge < -0.3 is 10.2 Å². The van der Waals surface area contributed by atoms with Crippen LogP contribution in [0.3, 0.4) is 0 Å². The van der Waals surface area contributed by atoms with E-state index in [1.807, 2.05) is 13.0 Å². The van der Waals surface area contributed by atoms with Crippen LogP contribution in [0.15, 0.2) is 12.1 Å². The Balaban J connectivity index is 1.71. The first-order valence-corrected chi connectivity index (χ1v) is 6.83. The predicted molar refractivity (Wildman–Crippen MR) is 70.8 cm³/mol. The monoisotopic (exact) mass is 262 g/mol. The van der Waals surface area contributed by atoms with Crippen LogP contribution in [-0.2, 0) is 22.6 Å². The lowest BCUT2D eigenvalue weighted by Crippen LogP contribution is -2.33. The van der Waals surface area contributed by atoms with Crippen molar-refractivity contribution in [3.05, 3.63) is 23.3 Å². The van der Waals surface area contributed by atoms with Gasteiger partial charge in [0, 0.05) is 13.0 Å². The number of hydrogen-bond acceptors (Lipinski definition) is 4. The van der Waals surface area contributed by atoms with Crippen molar-refractivity contribution in [2.24, 2.45) is 0 Å². The maximum absolute atomic E-state index is 11.2. The molecule has 1 N–H and O–H groups in total. The Bertz CT molecular complexity index is 502. The topological polar surface area (TPSA) is 50.8 Å². The van der Waals surface area contributed by atoms with Crippen molar-refractivity contribution >= 4 is 11.6 Å². The number of anilines is 1. The van der Waals surface area contributed by atoms with Gasteiger partial charge >= 0.3 is 0 Å². The number of nitrogens with one attached hydrogen (secondary N) is 1. The second-order valence-corrected chi connectivity index (χ2v) is 4.87. The third-order valence-corrected chi connectivity index (χ3v) is 3.64. The minimum Gasteiger partial charge on any atom is -0.354 e. The first-order valence-electron chi connectivity index (χ1n) is 6.83. The largest absolute Gasteiger partial charge is 0.354 e. The maximum atomic E-state index is 11.2. The van der Waals surface area contributed by atoms with Crippen molar-refractivity contribution in [1.29, 1.82) is 0 Å². The van der Waals surface area contributed by atoms with Crippen molar-refractivity contribution in [3.63, 3.8) is 0 Å². The number of hydrogen-bond donors (Lipinski definition) is 1. The molecule has 0 saturated heterocycles. The molecule has 1 aromatic rings. The van der Waals surface area contributed by atoms with Gasteiger partial charge in [0.25, 0.3) is 0 Å². The molecule has 0 bridgehead atoms. The van der Waals surface area contributed by atoms with E-state index in [0.717, 1.165) is 24.3 Å². The van der Waals surface area contributed by atoms with Gasteiger partial charge in [-0.1, -0.05) is 18.0 Å². The van der Waals surface area contributed by atoms with E-state index >= 15 is 0 Å². The van der Waals surface area contributed by atoms with E-state index in [2.05, 4.69) is 11.4 Å². The predicted octanol–water partition coefficient (Wildman–Crippen LogP) is 1.75. The molecular weight excluding hydrogens is 244 g/mol. The van der Waals surface area contributed by atoms with Gasteiger partial charge in [-0.15, -0.1) is 0 Å². The summed E-state index contributed by atoms with van der Waals surface area (Å²) in [6.07, 6.45) is 3.89. The van der Waals surface area contributed by atoms with E-state index in [0.29, 0.717) is 19.5 Å². The van der Waals surface area contributed by atoms with Gasteiger partial charge in [-0.25, -0.2) is 5.06 Å². The molecule has 0 atom stereocenters. The SMILES string of the molecule is CCC(=O)NCCN1OOc2ccc3c(c21)CCC3. The van der Waals surface area contributed by atoms with Crippen LogP contribution in [0, 0.1) is 0 Å². The van der Waals surface area contributed by atoms with Crippen LogP contribution in [0.4, 0.5) is 5.69 Å². The molecule has 5 nitrogen and oxygen atoms in total. The Hall–Kier alpha value is -1.75. The fraction of sp³-hybridized carbons (Fsp3) is 0.500. The van der Waals surface area contributed by atoms with Crippen molar-refractivity contribution in [3.8, 4) is 5.75 Å². The van der Waals surface area contributed by atoms with Gasteiger partial charge in [-0.05, 0) is 36.5 Å². The molecule has 0 unspecified atom stereocenters. The average Bonchev–Trinajstić information content (AvgIpc) is 3.03. The van der Waals surface area contributed by atoms with Gasteiger partial charge in [-0.2, -0.15) is 0 Å². The highest BCUT2D eigenvalue weighted by Crippen LogP contribution is 2.42. The van der Waals surface area contributed by atoms with Crippen LogP contribution in [-0.4, -0.2) is 19.0 Å². The maximum Gasteiger partial charge on any atom is 0.219 e. The average molecular weight is 262 g/mol. The van der Waals surface area contributed by atoms with E-state index < -0.39 is 0 Å². The molecule has 1 aliphatic heterocycles. The fourth-order valence-corrected chi connectivity index (χ4v) is 2.66. The van der Waals surface area contributed by atoms with Crippen LogP contribution < -0.4 is 15.3 Å². The Morgan fingerprint density at radius 1 is 1.42 bits per heavy atom. The lowest BCUT2D eigenvalue weighted by Gasteiger charge is -2.16. The number of hydroxylamine groups is 1. The standard InChI is InChI=1S/C14H18N2O3/c1-2-13(17)15-8-9-16-14-11-5-3-4-10(11)6-7-12(14)18-19-16/h6-7H,2-5,8-9H2,1H3,(H,15,17). The Morgan fingerprint density at radius 3 is 3.16 bits per heavy atom. The molecule has 1 aliphatic carbocycles. The van der Waals surface area contributed by atoms with Crippen molar-refractivity contribution in [1.82, 2.24) is 5.32 Å². The number of amides is 1. The third-order valence-electron chi connectivity index (χ3n) is 3.64. The molecule has 0 spiro atoms. The summed E-state index contributed by atoms with van der Waals surface area (Å²) in [5.74, 6) is 0.834. The van der Waals surface area contributed by atoms with Gasteiger partial charge in [0.05, 0.1) is 6.54 Å². The van der Waals surface area contributed by atoms with Crippen LogP contribution >= 0.6 is 0 Å². The first-order chi connectivity index (χ1) is 9.29. The molecule has 102 valence electrons. The number of benzene rings is 1. The molecule has 2 aliphatic rings. The zero-order chi connectivity index (χ0) is 13.2. The van der Waals surface area contributed by atoms with Crippen LogP contribution in [0.25, 0.3) is 0 Å². The minimum atomic E-state index is 0.0543. The molecule has 0 aromatic heterocycles. The summed E-state index contributed by atoms with van der Waals surface area (Å²) < 4.78 is 0. The molecule has 1 amide bonds. The summed E-state index contributed by atoms with van der Waals surface area (Å²) >= 11 is 0. The Kier molecular flexibility index (Phi) is 3.29. The quantitative estimate of drug-likeness (QED) is 0.840. The highest BCUT2D eigenvalue weighted by molar-refractivity contribution is 5.75. The number of nitrogens with zero attached hydrogens (tertiary/aromatic N) is 1. The van der Waals surface area contributed by atoms with Crippen molar-refractivity contribution in [2.45, 2.75) is 32.6 Å². The number of carbonyl (C=O) groups excluding carboxylic acids is 1. The van der Waals surface area contributed by atoms with Crippen molar-refractivity contribution in [2.75, 3.05) is 18.2 Å². The second-order valence-electron chi connectivity index (χ2n) is 4.87. The highest BCUT2D eigenvalue weighted by atomic mass is 17.3. The summed E-state index contributed by atoms with van der Waals surface area (Å²) in [6.45, 7) is 2.99. The number of rotatable bonds is 4. The Labute approximate surface area is 112 Å². The molecule has 0 radical (unpaired) electrons. The normalized spacial score (nSPS) is 15.9. The molecule has 0 fully saturated rings. The van der Waals surface area contributed by atoms with E-state index in [1.54, 1.807) is 5.06 Å². The summed E-state index contributed by atoms with van der Waals surface area (Å²) in [4.78, 5) is 21.7. The lowest BCUT2D eigenvalue weighted by atomic mass is 10.1. The molecule has 1 aromatic carbocycles. The van der Waals surface area contributed by atoms with Crippen LogP contribution in [0.2, 0.25) is 0 Å². The molecule has 19 heavy (non-hydrogen) atoms. The minimum absolute atomic E-state index is 0.0543. The summed E-state index contributed by atoms with van der Waals surface area (Å²) in [5, 5.41) is 4.59. The van der Waals surface area contributed by atoms with Crippen molar-refractivity contribution < 1.29 is 14.7 Å². The second kappa shape index (κ2) is 5.09. The summed E-state index contributed by atoms with van der Waals surface area (Å²) in [7, 11) is 0. The van der Waals surface area contributed by atoms with Gasteiger partial charge in [0.2, 0.25) is 5.91 Å². The number of carbonyl (C=O) groups is 1. The van der Waals surface area contributed by atoms with E-state index in [4.69, 9.17) is 9.88 Å². The smallest absolute Gasteiger partial charge is 0.219 e. The zero-order valence-electron chi connectivity index (χ0n) is 11.1. The van der Waals surface area contributed by atoms with Gasteiger partial charge in [0.15, 0.2) is 5.75 Å². The first kappa shape index (κ1) is 12.3. The van der Waals surface area contributed by atoms with E-state index in [-0.39, 0.29) is 5.91 Å². The van der Waals surface area contributed by atoms with Gasteiger partial charge in [0.1, 0.15) is 5.69 Å². The lowest BCUT2D eigenvalue weighted by molar-refractivity contribution is -0.198. The van der Waals surface area contributed by atoms with Crippen LogP contribution in [0.1, 0.15) is 30.9 Å². The van der Waals surface area contributed by atoms with Gasteiger partial charge in [-0.3, -0.25) is 4.79 Å². The molecule has 5 heteroatoms. The molecule has 0 saturated carbocycles. The molecule has 1 heterocycles. The third kappa shape index (κ3) is 2.26. The fourth-order valence-electron chi connectivity index (χ4n) is 2.66. The summed E-state index contributed by atoms with van der Waals surface area (Å²) in [5.41, 5.74) is 3.76. The molecular formula is C14H18N2O3. The zero-order valence-corrected chi connectivity index (χ0v) is 11.1.